The highest BCUT2D eigenvalue weighted by Gasteiger charge is 2.36. The lowest BCUT2D eigenvalue weighted by Crippen LogP contribution is -2.36. The number of methoxy groups -OCH3 is 1. The van der Waals surface area contributed by atoms with Crippen LogP contribution in [0.3, 0.4) is 0 Å². The highest BCUT2D eigenvalue weighted by atomic mass is 19.4. The number of esters is 1. The molecule has 1 amide bonds. The van der Waals surface area contributed by atoms with Crippen molar-refractivity contribution < 1.29 is 74.9 Å². The molecule has 11 heterocycles. The molecule has 30 nitrogen and oxygen atoms in total. The van der Waals surface area contributed by atoms with Gasteiger partial charge in [0.15, 0.2) is 5.75 Å². The molecule has 4 aromatic carbocycles. The van der Waals surface area contributed by atoms with E-state index in [4.69, 9.17) is 47.4 Å². The van der Waals surface area contributed by atoms with Crippen LogP contribution in [-0.4, -0.2) is 227 Å². The predicted octanol–water partition coefficient (Wildman–Crippen LogP) is 18.6. The summed E-state index contributed by atoms with van der Waals surface area (Å²) in [4.78, 5) is 99.0. The smallest absolute Gasteiger partial charge is 0.433 e. The first-order chi connectivity index (χ1) is 68.7. The third-order valence-electron chi connectivity index (χ3n) is 28.5. The van der Waals surface area contributed by atoms with Crippen LogP contribution in [0, 0.1) is 29.6 Å². The number of amides is 1. The molecule has 750 valence electrons. The number of ether oxygens (including phenoxy) is 10. The fourth-order valence-corrected chi connectivity index (χ4v) is 21.0. The van der Waals surface area contributed by atoms with Gasteiger partial charge in [-0.3, -0.25) is 34.5 Å². The van der Waals surface area contributed by atoms with Crippen LogP contribution in [-0.2, 0) is 53.9 Å². The van der Waals surface area contributed by atoms with Crippen molar-refractivity contribution in [3.8, 4) is 28.7 Å². The van der Waals surface area contributed by atoms with Gasteiger partial charge >= 0.3 is 12.1 Å². The molecule has 0 atom stereocenters. The molecule has 1 N–H and O–H groups in total. The highest BCUT2D eigenvalue weighted by molar-refractivity contribution is 5.93. The number of morpholine rings is 4. The Bertz CT molecular complexity index is 5940. The van der Waals surface area contributed by atoms with Crippen molar-refractivity contribution in [1.29, 1.82) is 0 Å². The number of carbonyl (C=O) groups excluding carboxylic acids is 3. The maximum atomic E-state index is 12.9. The Morgan fingerprint density at radius 3 is 1.14 bits per heavy atom. The number of benzene rings is 4. The van der Waals surface area contributed by atoms with Crippen molar-refractivity contribution in [3.05, 3.63) is 175 Å². The van der Waals surface area contributed by atoms with Crippen LogP contribution in [0.1, 0.15) is 218 Å². The van der Waals surface area contributed by atoms with Gasteiger partial charge in [0, 0.05) is 186 Å². The van der Waals surface area contributed by atoms with E-state index in [1.807, 2.05) is 51.1 Å². The van der Waals surface area contributed by atoms with E-state index in [0.717, 1.165) is 346 Å². The van der Waals surface area contributed by atoms with E-state index in [1.165, 1.54) is 39.2 Å². The summed E-state index contributed by atoms with van der Waals surface area (Å²) in [5.74, 6) is 6.14. The van der Waals surface area contributed by atoms with Crippen molar-refractivity contribution in [2.75, 3.05) is 139 Å². The second-order valence-corrected chi connectivity index (χ2v) is 39.7. The normalized spacial score (nSPS) is 21.6. The maximum Gasteiger partial charge on any atom is 0.433 e. The number of hydrogen-bond donors (Lipinski definition) is 1. The van der Waals surface area contributed by atoms with Crippen LogP contribution in [0.4, 0.5) is 35.9 Å². The number of nitrogens with one attached hydrogen (secondary N) is 1. The maximum absolute atomic E-state index is 12.9. The van der Waals surface area contributed by atoms with Gasteiger partial charge in [0.05, 0.1) is 113 Å². The van der Waals surface area contributed by atoms with Gasteiger partial charge in [0.25, 0.3) is 5.91 Å². The number of pyridine rings is 2. The number of nitrogens with zero attached hydrogens (tertiary/aromatic N) is 16. The van der Waals surface area contributed by atoms with E-state index in [-0.39, 0.29) is 36.2 Å². The van der Waals surface area contributed by atoms with Crippen molar-refractivity contribution in [1.82, 2.24) is 65.1 Å². The van der Waals surface area contributed by atoms with Crippen LogP contribution in [0.2, 0.25) is 0 Å². The van der Waals surface area contributed by atoms with Gasteiger partial charge in [-0.15, -0.1) is 0 Å². The molecule has 20 rings (SSSR count). The van der Waals surface area contributed by atoms with Gasteiger partial charge in [0.1, 0.15) is 79.7 Å². The zero-order chi connectivity index (χ0) is 97.4. The average Bonchev–Trinajstić information content (AvgIpc) is 0.798. The van der Waals surface area contributed by atoms with Crippen LogP contribution in [0.15, 0.2) is 141 Å². The van der Waals surface area contributed by atoms with Crippen molar-refractivity contribution >= 4 is 84.5 Å². The summed E-state index contributed by atoms with van der Waals surface area (Å²) in [6.07, 6.45) is 39.6. The molecule has 5 aliphatic carbocycles. The number of fused-ring (bicyclic) bond motifs is 4. The van der Waals surface area contributed by atoms with E-state index < -0.39 is 23.4 Å². The van der Waals surface area contributed by atoms with Crippen LogP contribution in [0.25, 0.3) is 44.1 Å². The molecular weight excluding hydrogens is 1800 g/mol. The van der Waals surface area contributed by atoms with E-state index in [1.54, 1.807) is 68.9 Å². The molecule has 33 heteroatoms. The largest absolute Gasteiger partial charge is 0.488 e. The summed E-state index contributed by atoms with van der Waals surface area (Å²) in [6, 6.07) is 25.3. The molecule has 9 fully saturated rings. The minimum Gasteiger partial charge on any atom is -0.488 e. The van der Waals surface area contributed by atoms with Crippen LogP contribution in [0.5, 0.6) is 28.7 Å². The highest BCUT2D eigenvalue weighted by Crippen LogP contribution is 2.43. The first kappa shape index (κ1) is 101. The second kappa shape index (κ2) is 48.7. The summed E-state index contributed by atoms with van der Waals surface area (Å²) in [7, 11) is 3.01. The number of halogens is 3. The third-order valence-corrected chi connectivity index (χ3v) is 28.5. The molecule has 7 aromatic heterocycles. The molecule has 0 radical (unpaired) electrons. The van der Waals surface area contributed by atoms with Crippen LogP contribution < -0.4 is 48.6 Å². The fourth-order valence-electron chi connectivity index (χ4n) is 21.0. The van der Waals surface area contributed by atoms with Gasteiger partial charge in [-0.1, -0.05) is 38.2 Å². The zero-order valence-corrected chi connectivity index (χ0v) is 82.0. The number of hydrogen-bond acceptors (Lipinski definition) is 29. The number of Topliss-reactive ketones (excluding diaryl/α,β-unsaturated/α-hetero) is 1. The number of ketones is 1. The zero-order valence-electron chi connectivity index (χ0n) is 82.0. The Hall–Kier alpha value is -11.9. The lowest BCUT2D eigenvalue weighted by molar-refractivity contribution is -0.141. The molecule has 11 aromatic rings. The van der Waals surface area contributed by atoms with Gasteiger partial charge in [0.2, 0.25) is 0 Å². The number of carbonyl (C=O) groups is 3. The van der Waals surface area contributed by atoms with Crippen LogP contribution >= 0.6 is 0 Å². The molecule has 141 heavy (non-hydrogen) atoms. The lowest BCUT2D eigenvalue weighted by atomic mass is 9.82. The van der Waals surface area contributed by atoms with Gasteiger partial charge in [-0.25, -0.2) is 39.7 Å². The Morgan fingerprint density at radius 2 is 0.773 bits per heavy atom. The summed E-state index contributed by atoms with van der Waals surface area (Å²) in [6.45, 7) is 18.4. The number of alkyl halides is 3. The molecule has 0 unspecified atom stereocenters. The minimum atomic E-state index is -4.45. The standard InChI is InChI=1S/C30H38N4O5.C28H39N3O3.C26H31N5O3.C24H26F3N5O2/c1-30(2,3)39-27-19-33-21(16-24(27)29(35)36-4)15-20-5-7-23(8-6-20)38-26-18-22(34-11-13-37-14-12-34)17-25-28(26)32-10-9-31-25;32-24(9-6-21-4-2-1-3-5-21)18-22-7-10-25(11-8-22)34-27-20-23(31-14-16-33-17-15-31)19-26-28(27)30-13-12-29-26;1-27-26(32)22-4-2-3-19(30-22)15-18-5-7-21(8-6-18)34-24-17-20(31-11-13-33-14-12-31)16-23-25(24)29-10-9-28-23;25-24(26,27)22-12-17(30-15-31-22)11-16-1-3-19(4-2-16)34-21-14-18(32-7-9-33-10-8-32)13-20-23(21)29-6-5-28-20/h9-10,16-20,23H,5-8,11-15H2,1-4H3;12-13,19-22,25H,1-11,14-18H2;2-4,9-10,16-18,21H,5-8,11-15H2,1H3,(H,27,32);5-6,12-16,19H,1-4,7-11H2. The molecule has 0 spiro atoms. The first-order valence-corrected chi connectivity index (χ1v) is 51.0. The molecule has 4 saturated heterocycles. The Kier molecular flexibility index (Phi) is 34.7. The number of rotatable bonds is 26. The predicted molar refractivity (Wildman–Crippen MR) is 533 cm³/mol. The van der Waals surface area contributed by atoms with Gasteiger partial charge < -0.3 is 72.3 Å². The molecule has 0 bridgehead atoms. The minimum absolute atomic E-state index is 0.0255. The monoisotopic (exact) mass is 1930 g/mol. The third kappa shape index (κ3) is 28.1. The molecule has 9 aliphatic rings. The van der Waals surface area contributed by atoms with Crippen molar-refractivity contribution in [2.45, 2.75) is 230 Å². The van der Waals surface area contributed by atoms with E-state index in [9.17, 15) is 27.6 Å². The summed E-state index contributed by atoms with van der Waals surface area (Å²) in [5, 5.41) is 2.64. The van der Waals surface area contributed by atoms with Crippen molar-refractivity contribution in [2.24, 2.45) is 29.6 Å². The summed E-state index contributed by atoms with van der Waals surface area (Å²) in [5.41, 5.74) is 12.8. The molecular formula is C108H134F3N17O13. The first-order valence-electron chi connectivity index (χ1n) is 51.0. The van der Waals surface area contributed by atoms with Crippen molar-refractivity contribution in [3.63, 3.8) is 0 Å². The second-order valence-electron chi connectivity index (χ2n) is 39.7. The van der Waals surface area contributed by atoms with Gasteiger partial charge in [-0.2, -0.15) is 13.2 Å². The topological polar surface area (TPSA) is 323 Å². The van der Waals surface area contributed by atoms with Gasteiger partial charge in [-0.05, 0) is 227 Å². The van der Waals surface area contributed by atoms with E-state index in [2.05, 4.69) is 121 Å². The summed E-state index contributed by atoms with van der Waals surface area (Å²) >= 11 is 0. The number of aromatic nitrogens is 12. The molecule has 5 saturated carbocycles. The van der Waals surface area contributed by atoms with E-state index >= 15 is 0 Å². The quantitative estimate of drug-likeness (QED) is 0.0492. The molecule has 4 aliphatic heterocycles. The lowest BCUT2D eigenvalue weighted by Gasteiger charge is -2.31. The SMILES string of the molecule is CNC(=O)c1cccc(CC2CCC(Oc3cc(N4CCOCC4)cc4nccnc34)CC2)n1.COC(=O)c1cc(CC2CCC(Oc3cc(N4CCOCC4)cc4nccnc34)CC2)ncc1OC(C)(C)C.FC(F)(F)c1cc(CC2CCC(Oc3cc(N4CCOCC4)cc4nccnc34)CC2)ncn1.O=C(CCC1CCCCC1)CC1CCC(Oc2cc(N3CCOCC3)cc3nccnc23)CC1. The average molecular weight is 1940 g/mol. The Morgan fingerprint density at radius 1 is 0.404 bits per heavy atom. The number of anilines is 4. The fraction of sp³-hybridized carbons (Fsp3) is 0.546. The van der Waals surface area contributed by atoms with E-state index in [0.29, 0.717) is 65.9 Å². The Balaban J connectivity index is 0.000000130. The summed E-state index contributed by atoms with van der Waals surface area (Å²) < 4.78 is 97.9. The Labute approximate surface area is 822 Å².